The van der Waals surface area contributed by atoms with Gasteiger partial charge in [0.1, 0.15) is 0 Å². The summed E-state index contributed by atoms with van der Waals surface area (Å²) in [4.78, 5) is 0. The second-order valence-electron chi connectivity index (χ2n) is 5.79. The number of hydrogen-bond acceptors (Lipinski definition) is 2. The molecule has 0 aromatic rings. The highest BCUT2D eigenvalue weighted by Gasteiger charge is 2.51. The Labute approximate surface area is 99.2 Å². The van der Waals surface area contributed by atoms with Crippen LogP contribution >= 0.6 is 0 Å². The lowest BCUT2D eigenvalue weighted by Crippen LogP contribution is -2.50. The minimum atomic E-state index is 0.284. The van der Waals surface area contributed by atoms with Crippen LogP contribution in [0.25, 0.3) is 0 Å². The Kier molecular flexibility index (Phi) is 3.04. The van der Waals surface area contributed by atoms with Crippen LogP contribution in [-0.4, -0.2) is 12.6 Å². The van der Waals surface area contributed by atoms with Crippen molar-refractivity contribution in [2.75, 3.05) is 6.61 Å². The van der Waals surface area contributed by atoms with E-state index < -0.39 is 0 Å². The van der Waals surface area contributed by atoms with Gasteiger partial charge in [0.05, 0.1) is 12.4 Å². The monoisotopic (exact) mass is 223 g/mol. The molecule has 2 nitrogen and oxygen atoms in total. The molecule has 1 unspecified atom stereocenters. The number of allylic oxidation sites excluding steroid dienone is 1. The second-order valence-corrected chi connectivity index (χ2v) is 5.79. The van der Waals surface area contributed by atoms with Gasteiger partial charge in [-0.25, -0.2) is 0 Å². The van der Waals surface area contributed by atoms with E-state index >= 15 is 0 Å². The summed E-state index contributed by atoms with van der Waals surface area (Å²) in [6, 6.07) is 0.339. The van der Waals surface area contributed by atoms with Gasteiger partial charge in [0, 0.05) is 11.5 Å². The van der Waals surface area contributed by atoms with E-state index in [0.717, 1.165) is 12.4 Å². The maximum absolute atomic E-state index is 6.16. The summed E-state index contributed by atoms with van der Waals surface area (Å²) >= 11 is 0. The molecule has 2 N–H and O–H groups in total. The van der Waals surface area contributed by atoms with Crippen molar-refractivity contribution >= 4 is 0 Å². The molecule has 0 saturated heterocycles. The lowest BCUT2D eigenvalue weighted by Gasteiger charge is -2.55. The number of hydrogen-bond donors (Lipinski definition) is 1. The predicted molar refractivity (Wildman–Crippen MR) is 67.0 cm³/mol. The van der Waals surface area contributed by atoms with Gasteiger partial charge < -0.3 is 10.5 Å². The molecule has 0 radical (unpaired) electrons. The highest BCUT2D eigenvalue weighted by molar-refractivity contribution is 5.13. The summed E-state index contributed by atoms with van der Waals surface area (Å²) in [7, 11) is 0. The van der Waals surface area contributed by atoms with E-state index in [1.807, 2.05) is 6.92 Å². The minimum Gasteiger partial charge on any atom is -0.498 e. The summed E-state index contributed by atoms with van der Waals surface area (Å²) in [5, 5.41) is 0. The molecule has 3 aliphatic carbocycles. The predicted octanol–water partition coefficient (Wildman–Crippen LogP) is 3.22. The Morgan fingerprint density at radius 3 is 2.12 bits per heavy atom. The van der Waals surface area contributed by atoms with Gasteiger partial charge in [-0.2, -0.15) is 0 Å². The average molecular weight is 223 g/mol. The zero-order chi connectivity index (χ0) is 11.8. The van der Waals surface area contributed by atoms with Crippen molar-refractivity contribution in [3.63, 3.8) is 0 Å². The summed E-state index contributed by atoms with van der Waals surface area (Å²) in [5.74, 6) is 1.04. The minimum absolute atomic E-state index is 0.284. The lowest BCUT2D eigenvalue weighted by molar-refractivity contribution is -0.0311. The molecule has 3 fully saturated rings. The third-order valence-electron chi connectivity index (χ3n) is 5.18. The highest BCUT2D eigenvalue weighted by Crippen LogP contribution is 2.60. The van der Waals surface area contributed by atoms with Crippen molar-refractivity contribution in [1.82, 2.24) is 0 Å². The Morgan fingerprint density at radius 2 is 1.75 bits per heavy atom. The van der Waals surface area contributed by atoms with Crippen molar-refractivity contribution in [1.29, 1.82) is 0 Å². The number of rotatable bonds is 4. The van der Waals surface area contributed by atoms with E-state index in [2.05, 4.69) is 13.5 Å². The SMILES string of the molecule is C=C(OCC)C12CCC(C(C)N)(CC1)CC2. The normalized spacial score (nSPS) is 39.4. The quantitative estimate of drug-likeness (QED) is 0.743. The molecular weight excluding hydrogens is 198 g/mol. The molecule has 3 rings (SSSR count). The van der Waals surface area contributed by atoms with Gasteiger partial charge in [-0.1, -0.05) is 6.58 Å². The van der Waals surface area contributed by atoms with E-state index in [4.69, 9.17) is 10.5 Å². The molecule has 0 aromatic heterocycles. The zero-order valence-corrected chi connectivity index (χ0v) is 10.7. The third-order valence-corrected chi connectivity index (χ3v) is 5.18. The van der Waals surface area contributed by atoms with Crippen LogP contribution in [0.4, 0.5) is 0 Å². The van der Waals surface area contributed by atoms with Crippen LogP contribution in [0.3, 0.4) is 0 Å². The highest BCUT2D eigenvalue weighted by atomic mass is 16.5. The van der Waals surface area contributed by atoms with Gasteiger partial charge in [-0.15, -0.1) is 0 Å². The fourth-order valence-electron chi connectivity index (χ4n) is 3.64. The molecule has 2 bridgehead atoms. The van der Waals surface area contributed by atoms with Crippen LogP contribution < -0.4 is 5.73 Å². The van der Waals surface area contributed by atoms with Crippen molar-refractivity contribution in [3.8, 4) is 0 Å². The fourth-order valence-corrected chi connectivity index (χ4v) is 3.64. The van der Waals surface area contributed by atoms with E-state index in [0.29, 0.717) is 11.5 Å². The largest absolute Gasteiger partial charge is 0.498 e. The molecule has 0 aromatic carbocycles. The first-order chi connectivity index (χ1) is 7.55. The molecule has 2 heteroatoms. The van der Waals surface area contributed by atoms with Crippen LogP contribution in [-0.2, 0) is 4.74 Å². The smallest absolute Gasteiger partial charge is 0.0949 e. The molecule has 1 atom stereocenters. The number of nitrogens with two attached hydrogens (primary N) is 1. The summed E-state index contributed by atoms with van der Waals surface area (Å²) < 4.78 is 5.67. The fraction of sp³-hybridized carbons (Fsp3) is 0.857. The van der Waals surface area contributed by atoms with Crippen LogP contribution in [0.2, 0.25) is 0 Å². The number of fused-ring (bicyclic) bond motifs is 3. The van der Waals surface area contributed by atoms with Crippen molar-refractivity contribution < 1.29 is 4.74 Å². The molecule has 0 amide bonds. The standard InChI is InChI=1S/C14H25NO/c1-4-16-12(3)14-8-5-13(6-9-14,7-10-14)11(2)15/h11H,3-10,15H2,1-2H3. The maximum Gasteiger partial charge on any atom is 0.0949 e. The van der Waals surface area contributed by atoms with Crippen molar-refractivity contribution in [3.05, 3.63) is 12.3 Å². The summed E-state index contributed by atoms with van der Waals surface area (Å²) in [6.45, 7) is 9.12. The van der Waals surface area contributed by atoms with Crippen molar-refractivity contribution in [2.24, 2.45) is 16.6 Å². The Morgan fingerprint density at radius 1 is 1.25 bits per heavy atom. The van der Waals surface area contributed by atoms with E-state index in [1.165, 1.54) is 38.5 Å². The summed E-state index contributed by atoms with van der Waals surface area (Å²) in [5.41, 5.74) is 6.87. The van der Waals surface area contributed by atoms with Gasteiger partial charge in [0.2, 0.25) is 0 Å². The van der Waals surface area contributed by atoms with Gasteiger partial charge in [0.15, 0.2) is 0 Å². The molecule has 92 valence electrons. The maximum atomic E-state index is 6.16. The van der Waals surface area contributed by atoms with E-state index in [-0.39, 0.29) is 5.41 Å². The first-order valence-electron chi connectivity index (χ1n) is 6.62. The Balaban J connectivity index is 2.08. The van der Waals surface area contributed by atoms with Crippen LogP contribution in [0, 0.1) is 10.8 Å². The molecule has 0 heterocycles. The van der Waals surface area contributed by atoms with E-state index in [1.54, 1.807) is 0 Å². The Bertz CT molecular complexity index is 258. The van der Waals surface area contributed by atoms with Crippen LogP contribution in [0.5, 0.6) is 0 Å². The van der Waals surface area contributed by atoms with Crippen LogP contribution in [0.15, 0.2) is 12.3 Å². The molecule has 3 saturated carbocycles. The van der Waals surface area contributed by atoms with Gasteiger partial charge >= 0.3 is 0 Å². The Hall–Kier alpha value is -0.500. The van der Waals surface area contributed by atoms with Gasteiger partial charge in [0.25, 0.3) is 0 Å². The lowest BCUT2D eigenvalue weighted by atomic mass is 9.51. The number of ether oxygens (including phenoxy) is 1. The first-order valence-corrected chi connectivity index (χ1v) is 6.62. The second kappa shape index (κ2) is 4.06. The molecule has 16 heavy (non-hydrogen) atoms. The topological polar surface area (TPSA) is 35.2 Å². The molecule has 3 aliphatic rings. The van der Waals surface area contributed by atoms with E-state index in [9.17, 15) is 0 Å². The van der Waals surface area contributed by atoms with Gasteiger partial charge in [-0.3, -0.25) is 0 Å². The summed E-state index contributed by atoms with van der Waals surface area (Å²) in [6.07, 6.45) is 7.47. The van der Waals surface area contributed by atoms with Crippen LogP contribution in [0.1, 0.15) is 52.4 Å². The first kappa shape index (κ1) is 12.0. The molecule has 0 spiro atoms. The zero-order valence-electron chi connectivity index (χ0n) is 10.7. The molecular formula is C14H25NO. The van der Waals surface area contributed by atoms with Crippen molar-refractivity contribution in [2.45, 2.75) is 58.4 Å². The third kappa shape index (κ3) is 1.67. The van der Waals surface area contributed by atoms with Gasteiger partial charge in [-0.05, 0) is 57.8 Å². The average Bonchev–Trinajstić information content (AvgIpc) is 2.31. The molecule has 0 aliphatic heterocycles.